The SMILES string of the molecule is CC1CCN(c2cc(NC(=O)CC3CSc4nc5c(c(=O)n43)CCCC5)ncn2)CC1. The molecule has 3 aliphatic rings. The van der Waals surface area contributed by atoms with Crippen LogP contribution in [-0.2, 0) is 17.6 Å². The van der Waals surface area contributed by atoms with Gasteiger partial charge in [0.05, 0.1) is 11.7 Å². The Morgan fingerprint density at radius 1 is 1.23 bits per heavy atom. The van der Waals surface area contributed by atoms with Crippen molar-refractivity contribution in [3.05, 3.63) is 34.0 Å². The fraction of sp³-hybridized carbons (Fsp3) is 0.591. The molecular weight excluding hydrogens is 412 g/mol. The molecule has 5 rings (SSSR count). The molecule has 2 aliphatic heterocycles. The van der Waals surface area contributed by atoms with E-state index in [1.54, 1.807) is 16.3 Å². The van der Waals surface area contributed by atoms with Gasteiger partial charge in [0.1, 0.15) is 18.0 Å². The van der Waals surface area contributed by atoms with Gasteiger partial charge in [0.2, 0.25) is 5.91 Å². The van der Waals surface area contributed by atoms with E-state index in [0.29, 0.717) is 11.6 Å². The first-order valence-electron chi connectivity index (χ1n) is 11.2. The maximum Gasteiger partial charge on any atom is 0.257 e. The number of aromatic nitrogens is 4. The molecule has 2 aromatic heterocycles. The number of carbonyl (C=O) groups is 1. The van der Waals surface area contributed by atoms with Crippen molar-refractivity contribution in [3.63, 3.8) is 0 Å². The van der Waals surface area contributed by atoms with Crippen LogP contribution in [0, 0.1) is 5.92 Å². The molecule has 31 heavy (non-hydrogen) atoms. The van der Waals surface area contributed by atoms with E-state index >= 15 is 0 Å². The number of carbonyl (C=O) groups excluding carboxylic acids is 1. The van der Waals surface area contributed by atoms with E-state index in [2.05, 4.69) is 27.1 Å². The van der Waals surface area contributed by atoms with Gasteiger partial charge in [-0.25, -0.2) is 15.0 Å². The molecule has 0 radical (unpaired) electrons. The number of anilines is 2. The second-order valence-electron chi connectivity index (χ2n) is 8.85. The quantitative estimate of drug-likeness (QED) is 0.731. The summed E-state index contributed by atoms with van der Waals surface area (Å²) in [6.45, 7) is 4.23. The molecule has 0 aromatic carbocycles. The molecule has 1 aliphatic carbocycles. The normalized spacial score (nSPS) is 20.9. The minimum atomic E-state index is -0.169. The summed E-state index contributed by atoms with van der Waals surface area (Å²) in [6.07, 6.45) is 7.85. The second-order valence-corrected chi connectivity index (χ2v) is 9.84. The number of fused-ring (bicyclic) bond motifs is 2. The maximum absolute atomic E-state index is 13.1. The van der Waals surface area contributed by atoms with E-state index in [1.807, 2.05) is 6.07 Å². The van der Waals surface area contributed by atoms with Crippen molar-refractivity contribution in [2.24, 2.45) is 5.92 Å². The van der Waals surface area contributed by atoms with Gasteiger partial charge in [0, 0.05) is 36.9 Å². The summed E-state index contributed by atoms with van der Waals surface area (Å²) >= 11 is 1.57. The fourth-order valence-corrected chi connectivity index (χ4v) is 5.85. The van der Waals surface area contributed by atoms with Gasteiger partial charge in [0.25, 0.3) is 5.56 Å². The summed E-state index contributed by atoms with van der Waals surface area (Å²) in [5.41, 5.74) is 1.85. The van der Waals surface area contributed by atoms with Crippen LogP contribution in [0.3, 0.4) is 0 Å². The molecular formula is C22H28N6O2S. The summed E-state index contributed by atoms with van der Waals surface area (Å²) in [7, 11) is 0. The van der Waals surface area contributed by atoms with Gasteiger partial charge in [-0.1, -0.05) is 18.7 Å². The smallest absolute Gasteiger partial charge is 0.257 e. The maximum atomic E-state index is 13.1. The van der Waals surface area contributed by atoms with E-state index in [0.717, 1.165) is 79.8 Å². The van der Waals surface area contributed by atoms with Gasteiger partial charge in [-0.05, 0) is 44.4 Å². The van der Waals surface area contributed by atoms with Crippen molar-refractivity contribution in [1.82, 2.24) is 19.5 Å². The van der Waals surface area contributed by atoms with E-state index in [9.17, 15) is 9.59 Å². The van der Waals surface area contributed by atoms with Crippen LogP contribution in [-0.4, -0.2) is 44.3 Å². The second kappa shape index (κ2) is 8.61. The number of aryl methyl sites for hydroxylation is 1. The summed E-state index contributed by atoms with van der Waals surface area (Å²) in [4.78, 5) is 41.4. The Hall–Kier alpha value is -2.42. The number of amides is 1. The average molecular weight is 441 g/mol. The molecule has 4 heterocycles. The lowest BCUT2D eigenvalue weighted by molar-refractivity contribution is -0.116. The zero-order chi connectivity index (χ0) is 21.4. The summed E-state index contributed by atoms with van der Waals surface area (Å²) in [6, 6.07) is 1.67. The highest BCUT2D eigenvalue weighted by molar-refractivity contribution is 7.99. The molecule has 8 nitrogen and oxygen atoms in total. The number of hydrogen-bond acceptors (Lipinski definition) is 7. The van der Waals surface area contributed by atoms with Crippen molar-refractivity contribution in [2.75, 3.05) is 29.1 Å². The zero-order valence-corrected chi connectivity index (χ0v) is 18.7. The van der Waals surface area contributed by atoms with E-state index in [-0.39, 0.29) is 23.9 Å². The molecule has 1 N–H and O–H groups in total. The number of piperidine rings is 1. The third-order valence-corrected chi connectivity index (χ3v) is 7.67. The lowest BCUT2D eigenvalue weighted by atomic mass is 9.97. The topological polar surface area (TPSA) is 93.0 Å². The molecule has 0 bridgehead atoms. The van der Waals surface area contributed by atoms with E-state index in [1.165, 1.54) is 6.33 Å². The number of rotatable bonds is 4. The van der Waals surface area contributed by atoms with Gasteiger partial charge in [-0.3, -0.25) is 14.2 Å². The summed E-state index contributed by atoms with van der Waals surface area (Å²) in [5.74, 6) is 2.66. The first-order chi connectivity index (χ1) is 15.1. The Morgan fingerprint density at radius 3 is 2.87 bits per heavy atom. The van der Waals surface area contributed by atoms with Crippen LogP contribution in [0.4, 0.5) is 11.6 Å². The molecule has 0 saturated carbocycles. The van der Waals surface area contributed by atoms with Crippen LogP contribution in [0.25, 0.3) is 0 Å². The number of nitrogens with zero attached hydrogens (tertiary/aromatic N) is 5. The molecule has 1 fully saturated rings. The van der Waals surface area contributed by atoms with E-state index in [4.69, 9.17) is 4.98 Å². The first kappa shape index (κ1) is 20.5. The van der Waals surface area contributed by atoms with Crippen molar-refractivity contribution < 1.29 is 4.79 Å². The van der Waals surface area contributed by atoms with E-state index < -0.39 is 0 Å². The van der Waals surface area contributed by atoms with Gasteiger partial charge >= 0.3 is 0 Å². The van der Waals surface area contributed by atoms with Crippen LogP contribution in [0.5, 0.6) is 0 Å². The molecule has 1 saturated heterocycles. The molecule has 1 unspecified atom stereocenters. The summed E-state index contributed by atoms with van der Waals surface area (Å²) in [5, 5.41) is 3.66. The Kier molecular flexibility index (Phi) is 5.69. The zero-order valence-electron chi connectivity index (χ0n) is 17.8. The molecule has 2 aromatic rings. The first-order valence-corrected chi connectivity index (χ1v) is 12.2. The largest absolute Gasteiger partial charge is 0.356 e. The Bertz CT molecular complexity index is 1050. The van der Waals surface area contributed by atoms with Crippen LogP contribution >= 0.6 is 11.8 Å². The molecule has 164 valence electrons. The van der Waals surface area contributed by atoms with Crippen molar-refractivity contribution in [2.45, 2.75) is 63.1 Å². The van der Waals surface area contributed by atoms with Gasteiger partial charge in [-0.2, -0.15) is 0 Å². The van der Waals surface area contributed by atoms with Gasteiger partial charge in [-0.15, -0.1) is 0 Å². The average Bonchev–Trinajstić information content (AvgIpc) is 3.17. The van der Waals surface area contributed by atoms with Crippen molar-refractivity contribution >= 4 is 29.3 Å². The third-order valence-electron chi connectivity index (χ3n) is 6.57. The number of nitrogens with one attached hydrogen (secondary N) is 1. The predicted octanol–water partition coefficient (Wildman–Crippen LogP) is 2.82. The van der Waals surface area contributed by atoms with Gasteiger partial charge < -0.3 is 10.2 Å². The Morgan fingerprint density at radius 2 is 2.03 bits per heavy atom. The van der Waals surface area contributed by atoms with Crippen molar-refractivity contribution in [3.8, 4) is 0 Å². The van der Waals surface area contributed by atoms with Crippen LogP contribution in [0.15, 0.2) is 22.3 Å². The molecule has 1 atom stereocenters. The lowest BCUT2D eigenvalue weighted by Gasteiger charge is -2.31. The lowest BCUT2D eigenvalue weighted by Crippen LogP contribution is -2.33. The van der Waals surface area contributed by atoms with Crippen LogP contribution < -0.4 is 15.8 Å². The predicted molar refractivity (Wildman–Crippen MR) is 121 cm³/mol. The summed E-state index contributed by atoms with van der Waals surface area (Å²) < 4.78 is 1.74. The fourth-order valence-electron chi connectivity index (χ4n) is 4.70. The van der Waals surface area contributed by atoms with Gasteiger partial charge in [0.15, 0.2) is 5.16 Å². The highest BCUT2D eigenvalue weighted by Crippen LogP contribution is 2.34. The third kappa shape index (κ3) is 4.20. The standard InChI is InChI=1S/C22H28N6O2S/c1-14-6-8-27(9-7-14)19-11-18(23-13-24-19)26-20(29)10-15-12-31-22-25-17-5-3-2-4-16(17)21(30)28(15)22/h11,13-15H,2-10,12H2,1H3,(H,23,24,26,29). The highest BCUT2D eigenvalue weighted by atomic mass is 32.2. The monoisotopic (exact) mass is 440 g/mol. The number of thioether (sulfide) groups is 1. The van der Waals surface area contributed by atoms with Crippen LogP contribution in [0.1, 0.15) is 56.3 Å². The highest BCUT2D eigenvalue weighted by Gasteiger charge is 2.30. The number of hydrogen-bond donors (Lipinski definition) is 1. The Labute approximate surface area is 185 Å². The minimum Gasteiger partial charge on any atom is -0.356 e. The minimum absolute atomic E-state index is 0.0474. The van der Waals surface area contributed by atoms with Crippen molar-refractivity contribution in [1.29, 1.82) is 0 Å². The molecule has 0 spiro atoms. The molecule has 9 heteroatoms. The molecule has 1 amide bonds. The van der Waals surface area contributed by atoms with Crippen LogP contribution in [0.2, 0.25) is 0 Å². The Balaban J connectivity index is 1.28.